The summed E-state index contributed by atoms with van der Waals surface area (Å²) in [5.74, 6) is -0.155. The summed E-state index contributed by atoms with van der Waals surface area (Å²) in [5.41, 5.74) is 0.693. The van der Waals surface area contributed by atoms with Crippen LogP contribution < -0.4 is 10.9 Å². The molecule has 4 aromatic rings. The molecule has 0 spiro atoms. The number of aromatic nitrogens is 4. The molecule has 0 atom stereocenters. The first kappa shape index (κ1) is 20.1. The van der Waals surface area contributed by atoms with Gasteiger partial charge in [-0.1, -0.05) is 49.9 Å². The van der Waals surface area contributed by atoms with E-state index >= 15 is 0 Å². The van der Waals surface area contributed by atoms with Gasteiger partial charge in [0.1, 0.15) is 5.82 Å². The molecule has 1 amide bonds. The lowest BCUT2D eigenvalue weighted by Crippen LogP contribution is -2.25. The number of benzene rings is 2. The summed E-state index contributed by atoms with van der Waals surface area (Å²) in [4.78, 5) is 25.3. The summed E-state index contributed by atoms with van der Waals surface area (Å²) in [6.45, 7) is 4.55. The molecule has 2 aromatic carbocycles. The maximum atomic E-state index is 13.8. The molecule has 0 radical (unpaired) electrons. The van der Waals surface area contributed by atoms with E-state index in [0.717, 1.165) is 0 Å². The Kier molecular flexibility index (Phi) is 5.54. The van der Waals surface area contributed by atoms with Crippen LogP contribution in [0.5, 0.6) is 0 Å². The highest BCUT2D eigenvalue weighted by Gasteiger charge is 2.18. The van der Waals surface area contributed by atoms with E-state index in [2.05, 4.69) is 15.5 Å². The van der Waals surface area contributed by atoms with Gasteiger partial charge in [0.15, 0.2) is 5.16 Å². The molecule has 0 bridgehead atoms. The summed E-state index contributed by atoms with van der Waals surface area (Å²) in [7, 11) is 0. The zero-order valence-electron chi connectivity index (χ0n) is 16.5. The third kappa shape index (κ3) is 3.80. The summed E-state index contributed by atoms with van der Waals surface area (Å²) in [6.07, 6.45) is 0. The summed E-state index contributed by atoms with van der Waals surface area (Å²) < 4.78 is 17.2. The van der Waals surface area contributed by atoms with Crippen LogP contribution in [-0.4, -0.2) is 30.8 Å². The average Bonchev–Trinajstić information content (AvgIpc) is 3.15. The summed E-state index contributed by atoms with van der Waals surface area (Å²) >= 11 is 1.18. The molecule has 4 rings (SSSR count). The fourth-order valence-corrected chi connectivity index (χ4v) is 3.98. The van der Waals surface area contributed by atoms with Crippen LogP contribution >= 0.6 is 11.8 Å². The van der Waals surface area contributed by atoms with Gasteiger partial charge in [-0.15, -0.1) is 10.2 Å². The molecule has 0 saturated heterocycles. The van der Waals surface area contributed by atoms with Crippen molar-refractivity contribution in [1.82, 2.24) is 19.2 Å². The largest absolute Gasteiger partial charge is 0.323 e. The molecule has 1 N–H and O–H groups in total. The zero-order chi connectivity index (χ0) is 21.3. The Bertz CT molecular complexity index is 1300. The van der Waals surface area contributed by atoms with Crippen molar-refractivity contribution in [3.05, 3.63) is 64.7 Å². The molecule has 9 heteroatoms. The monoisotopic (exact) mass is 425 g/mol. The second-order valence-corrected chi connectivity index (χ2v) is 8.20. The Hall–Kier alpha value is -3.20. The highest BCUT2D eigenvalue weighted by atomic mass is 32.2. The standard InChI is InChI=1S/C21H20FN5O2S/c1-13(2)11-26-19(29)14-7-3-6-10-17(14)27-20(26)24-25-21(27)30-12-18(28)23-16-9-5-4-8-15(16)22/h3-10,13H,11-12H2,1-2H3,(H,23,28). The number of carbonyl (C=O) groups is 1. The fourth-order valence-electron chi connectivity index (χ4n) is 3.24. The van der Waals surface area contributed by atoms with Crippen LogP contribution in [0.1, 0.15) is 13.8 Å². The number of para-hydroxylation sites is 2. The average molecular weight is 425 g/mol. The number of rotatable bonds is 6. The van der Waals surface area contributed by atoms with Gasteiger partial charge in [0.05, 0.1) is 22.3 Å². The Morgan fingerprint density at radius 1 is 1.13 bits per heavy atom. The molecule has 30 heavy (non-hydrogen) atoms. The zero-order valence-corrected chi connectivity index (χ0v) is 17.3. The topological polar surface area (TPSA) is 81.3 Å². The van der Waals surface area contributed by atoms with Gasteiger partial charge in [-0.05, 0) is 30.2 Å². The van der Waals surface area contributed by atoms with Crippen LogP contribution in [0.3, 0.4) is 0 Å². The van der Waals surface area contributed by atoms with E-state index < -0.39 is 5.82 Å². The number of thioether (sulfide) groups is 1. The minimum absolute atomic E-state index is 0.0206. The van der Waals surface area contributed by atoms with Crippen molar-refractivity contribution in [3.8, 4) is 0 Å². The van der Waals surface area contributed by atoms with Gasteiger partial charge in [0.2, 0.25) is 11.7 Å². The van der Waals surface area contributed by atoms with Crippen molar-refractivity contribution >= 4 is 40.0 Å². The second kappa shape index (κ2) is 8.27. The first-order valence-electron chi connectivity index (χ1n) is 9.49. The van der Waals surface area contributed by atoms with Gasteiger partial charge in [0, 0.05) is 6.54 Å². The minimum atomic E-state index is -0.493. The van der Waals surface area contributed by atoms with E-state index in [1.54, 1.807) is 27.2 Å². The van der Waals surface area contributed by atoms with Crippen LogP contribution in [-0.2, 0) is 11.3 Å². The molecule has 0 fully saturated rings. The summed E-state index contributed by atoms with van der Waals surface area (Å²) in [6, 6.07) is 13.3. The molecule has 0 aliphatic rings. The second-order valence-electron chi connectivity index (χ2n) is 7.26. The summed E-state index contributed by atoms with van der Waals surface area (Å²) in [5, 5.41) is 12.0. The van der Waals surface area contributed by atoms with E-state index in [1.165, 1.54) is 23.9 Å². The molecule has 7 nitrogen and oxygen atoms in total. The number of fused-ring (bicyclic) bond motifs is 3. The Labute approximate surface area is 175 Å². The lowest BCUT2D eigenvalue weighted by atomic mass is 10.2. The smallest absolute Gasteiger partial charge is 0.262 e. The van der Waals surface area contributed by atoms with Crippen molar-refractivity contribution in [1.29, 1.82) is 0 Å². The Morgan fingerprint density at radius 2 is 1.87 bits per heavy atom. The van der Waals surface area contributed by atoms with Gasteiger partial charge in [-0.3, -0.25) is 18.6 Å². The van der Waals surface area contributed by atoms with Crippen molar-refractivity contribution in [2.45, 2.75) is 25.5 Å². The predicted molar refractivity (Wildman–Crippen MR) is 115 cm³/mol. The van der Waals surface area contributed by atoms with E-state index in [-0.39, 0.29) is 28.8 Å². The maximum absolute atomic E-state index is 13.8. The third-order valence-corrected chi connectivity index (χ3v) is 5.44. The molecule has 0 unspecified atom stereocenters. The quantitative estimate of drug-likeness (QED) is 0.478. The normalized spacial score (nSPS) is 11.5. The lowest BCUT2D eigenvalue weighted by Gasteiger charge is -2.12. The Morgan fingerprint density at radius 3 is 2.63 bits per heavy atom. The van der Waals surface area contributed by atoms with Crippen molar-refractivity contribution in [2.24, 2.45) is 5.92 Å². The number of halogens is 1. The highest BCUT2D eigenvalue weighted by Crippen LogP contribution is 2.22. The number of hydrogen-bond donors (Lipinski definition) is 1. The van der Waals surface area contributed by atoms with E-state index in [4.69, 9.17) is 0 Å². The van der Waals surface area contributed by atoms with Gasteiger partial charge in [0.25, 0.3) is 5.56 Å². The van der Waals surface area contributed by atoms with Crippen LogP contribution in [0.4, 0.5) is 10.1 Å². The molecule has 0 saturated carbocycles. The number of carbonyl (C=O) groups excluding carboxylic acids is 1. The van der Waals surface area contributed by atoms with Crippen LogP contribution in [0.25, 0.3) is 16.7 Å². The minimum Gasteiger partial charge on any atom is -0.323 e. The van der Waals surface area contributed by atoms with Crippen LogP contribution in [0.15, 0.2) is 58.5 Å². The molecule has 2 heterocycles. The molecular formula is C21H20FN5O2S. The number of anilines is 1. The molecule has 0 aliphatic heterocycles. The maximum Gasteiger partial charge on any atom is 0.262 e. The molecule has 2 aromatic heterocycles. The van der Waals surface area contributed by atoms with E-state index in [1.807, 2.05) is 32.0 Å². The Balaban J connectivity index is 1.68. The fraction of sp³-hybridized carbons (Fsp3) is 0.238. The van der Waals surface area contributed by atoms with Gasteiger partial charge >= 0.3 is 0 Å². The first-order chi connectivity index (χ1) is 14.5. The number of hydrogen-bond acceptors (Lipinski definition) is 5. The first-order valence-corrected chi connectivity index (χ1v) is 10.5. The van der Waals surface area contributed by atoms with Crippen LogP contribution in [0.2, 0.25) is 0 Å². The van der Waals surface area contributed by atoms with E-state index in [9.17, 15) is 14.0 Å². The predicted octanol–water partition coefficient (Wildman–Crippen LogP) is 3.57. The van der Waals surface area contributed by atoms with E-state index in [0.29, 0.717) is 28.4 Å². The highest BCUT2D eigenvalue weighted by molar-refractivity contribution is 7.99. The molecular weight excluding hydrogens is 405 g/mol. The van der Waals surface area contributed by atoms with Gasteiger partial charge in [-0.25, -0.2) is 4.39 Å². The van der Waals surface area contributed by atoms with Gasteiger partial charge in [-0.2, -0.15) is 0 Å². The van der Waals surface area contributed by atoms with Crippen molar-refractivity contribution in [2.75, 3.05) is 11.1 Å². The van der Waals surface area contributed by atoms with Crippen LogP contribution in [0, 0.1) is 11.7 Å². The van der Waals surface area contributed by atoms with Gasteiger partial charge < -0.3 is 5.32 Å². The molecule has 154 valence electrons. The molecule has 0 aliphatic carbocycles. The van der Waals surface area contributed by atoms with Crippen molar-refractivity contribution in [3.63, 3.8) is 0 Å². The van der Waals surface area contributed by atoms with Crippen molar-refractivity contribution < 1.29 is 9.18 Å². The SMILES string of the molecule is CC(C)Cn1c(=O)c2ccccc2n2c(SCC(=O)Nc3ccccc3F)nnc12. The lowest BCUT2D eigenvalue weighted by molar-refractivity contribution is -0.113. The number of nitrogens with zero attached hydrogens (tertiary/aromatic N) is 4. The third-order valence-electron chi connectivity index (χ3n) is 4.51. The number of nitrogens with one attached hydrogen (secondary N) is 1. The number of amides is 1.